The van der Waals surface area contributed by atoms with Crippen molar-refractivity contribution in [2.45, 2.75) is 43.0 Å². The maximum Gasteiger partial charge on any atom is 0.222 e. The third-order valence-corrected chi connectivity index (χ3v) is 5.61. The number of nitrogens with one attached hydrogen (secondary N) is 1. The van der Waals surface area contributed by atoms with E-state index in [0.717, 1.165) is 0 Å². The molecular weight excluding hydrogens is 316 g/mol. The molecule has 0 aliphatic carbocycles. The van der Waals surface area contributed by atoms with Gasteiger partial charge in [0.25, 0.3) is 0 Å². The van der Waals surface area contributed by atoms with Crippen LogP contribution < -0.4 is 10.2 Å². The number of para-hydroxylation sites is 2. The van der Waals surface area contributed by atoms with Gasteiger partial charge in [0.15, 0.2) is 0 Å². The lowest BCUT2D eigenvalue weighted by atomic mass is 10.1. The first-order valence-electron chi connectivity index (χ1n) is 8.49. The Hall–Kier alpha value is -1.94. The van der Waals surface area contributed by atoms with Crippen molar-refractivity contribution in [1.29, 1.82) is 0 Å². The molecule has 1 atom stereocenters. The standard InChI is InChI=1S/C20H24N2OS/c1-14(2)15(3)21-20(23)12-13-22-16-8-4-6-10-18(16)24-19-11-7-5-9-17(19)22/h4-11,14-15H,12-13H2,1-3H3,(H,21,23). The lowest BCUT2D eigenvalue weighted by Gasteiger charge is -2.32. The molecule has 0 saturated heterocycles. The molecule has 4 heteroatoms. The number of anilines is 2. The molecular formula is C20H24N2OS. The van der Waals surface area contributed by atoms with Crippen molar-refractivity contribution < 1.29 is 4.79 Å². The molecule has 1 aliphatic heterocycles. The number of nitrogens with zero attached hydrogens (tertiary/aromatic N) is 1. The monoisotopic (exact) mass is 340 g/mol. The molecule has 0 spiro atoms. The van der Waals surface area contributed by atoms with Crippen molar-refractivity contribution in [3.63, 3.8) is 0 Å². The number of hydrogen-bond donors (Lipinski definition) is 1. The van der Waals surface area contributed by atoms with Crippen LogP contribution in [0.5, 0.6) is 0 Å². The Labute approximate surface area is 148 Å². The zero-order chi connectivity index (χ0) is 17.1. The summed E-state index contributed by atoms with van der Waals surface area (Å²) in [7, 11) is 0. The van der Waals surface area contributed by atoms with Gasteiger partial charge in [0, 0.05) is 28.8 Å². The maximum atomic E-state index is 12.3. The summed E-state index contributed by atoms with van der Waals surface area (Å²) >= 11 is 1.79. The second-order valence-electron chi connectivity index (χ2n) is 6.54. The molecule has 0 aromatic heterocycles. The minimum atomic E-state index is 0.115. The zero-order valence-electron chi connectivity index (χ0n) is 14.5. The Balaban J connectivity index is 1.77. The predicted molar refractivity (Wildman–Crippen MR) is 101 cm³/mol. The molecule has 2 aromatic carbocycles. The average molecular weight is 340 g/mol. The van der Waals surface area contributed by atoms with Gasteiger partial charge in [0.2, 0.25) is 5.91 Å². The largest absolute Gasteiger partial charge is 0.353 e. The highest BCUT2D eigenvalue weighted by molar-refractivity contribution is 7.99. The molecule has 0 fully saturated rings. The lowest BCUT2D eigenvalue weighted by Crippen LogP contribution is -2.37. The molecule has 0 radical (unpaired) electrons. The number of rotatable bonds is 5. The summed E-state index contributed by atoms with van der Waals surface area (Å²) in [6.45, 7) is 6.99. The van der Waals surface area contributed by atoms with E-state index in [1.165, 1.54) is 21.2 Å². The number of carbonyl (C=O) groups is 1. The average Bonchev–Trinajstić information content (AvgIpc) is 2.58. The molecule has 3 nitrogen and oxygen atoms in total. The second kappa shape index (κ2) is 7.31. The van der Waals surface area contributed by atoms with E-state index in [1.54, 1.807) is 11.8 Å². The van der Waals surface area contributed by atoms with Crippen LogP contribution in [-0.2, 0) is 4.79 Å². The van der Waals surface area contributed by atoms with Crippen LogP contribution in [0.3, 0.4) is 0 Å². The first-order chi connectivity index (χ1) is 11.6. The van der Waals surface area contributed by atoms with Crippen LogP contribution in [-0.4, -0.2) is 18.5 Å². The topological polar surface area (TPSA) is 32.3 Å². The summed E-state index contributed by atoms with van der Waals surface area (Å²) in [6.07, 6.45) is 0.490. The number of carbonyl (C=O) groups excluding carboxylic acids is 1. The minimum Gasteiger partial charge on any atom is -0.353 e. The van der Waals surface area contributed by atoms with E-state index < -0.39 is 0 Å². The van der Waals surface area contributed by atoms with E-state index in [9.17, 15) is 4.79 Å². The molecule has 3 rings (SSSR count). The van der Waals surface area contributed by atoms with Crippen LogP contribution in [0.15, 0.2) is 58.3 Å². The zero-order valence-corrected chi connectivity index (χ0v) is 15.3. The quantitative estimate of drug-likeness (QED) is 0.845. The number of amides is 1. The van der Waals surface area contributed by atoms with Crippen LogP contribution in [0.25, 0.3) is 0 Å². The molecule has 1 N–H and O–H groups in total. The van der Waals surface area contributed by atoms with Gasteiger partial charge in [-0.25, -0.2) is 0 Å². The molecule has 0 bridgehead atoms. The van der Waals surface area contributed by atoms with Crippen LogP contribution in [0, 0.1) is 5.92 Å². The van der Waals surface area contributed by atoms with E-state index >= 15 is 0 Å². The molecule has 1 heterocycles. The third-order valence-electron chi connectivity index (χ3n) is 4.48. The van der Waals surface area contributed by atoms with E-state index in [-0.39, 0.29) is 11.9 Å². The minimum absolute atomic E-state index is 0.115. The summed E-state index contributed by atoms with van der Waals surface area (Å²) in [5.41, 5.74) is 2.37. The third kappa shape index (κ3) is 3.59. The highest BCUT2D eigenvalue weighted by Crippen LogP contribution is 2.47. The lowest BCUT2D eigenvalue weighted by molar-refractivity contribution is -0.121. The highest BCUT2D eigenvalue weighted by atomic mass is 32.2. The number of fused-ring (bicyclic) bond motifs is 2. The normalized spacial score (nSPS) is 14.1. The van der Waals surface area contributed by atoms with Crippen LogP contribution in [0.4, 0.5) is 11.4 Å². The Kier molecular flexibility index (Phi) is 5.14. The fourth-order valence-corrected chi connectivity index (χ4v) is 3.82. The van der Waals surface area contributed by atoms with Crippen molar-refractivity contribution in [2.24, 2.45) is 5.92 Å². The SMILES string of the molecule is CC(C)C(C)NC(=O)CCN1c2ccccc2Sc2ccccc21. The summed E-state index contributed by atoms with van der Waals surface area (Å²) in [5, 5.41) is 3.10. The summed E-state index contributed by atoms with van der Waals surface area (Å²) in [6, 6.07) is 17.0. The van der Waals surface area contributed by atoms with Crippen LogP contribution in [0.1, 0.15) is 27.2 Å². The summed E-state index contributed by atoms with van der Waals surface area (Å²) in [5.74, 6) is 0.561. The van der Waals surface area contributed by atoms with Gasteiger partial charge in [-0.3, -0.25) is 4.79 Å². The van der Waals surface area contributed by atoms with E-state index in [2.05, 4.69) is 79.5 Å². The van der Waals surface area contributed by atoms with E-state index in [1.807, 2.05) is 0 Å². The fourth-order valence-electron chi connectivity index (χ4n) is 2.73. The maximum absolute atomic E-state index is 12.3. The Morgan fingerprint density at radius 2 is 1.54 bits per heavy atom. The van der Waals surface area contributed by atoms with Crippen LogP contribution in [0.2, 0.25) is 0 Å². The van der Waals surface area contributed by atoms with Crippen molar-refractivity contribution >= 4 is 29.0 Å². The number of hydrogen-bond acceptors (Lipinski definition) is 3. The van der Waals surface area contributed by atoms with Crippen molar-refractivity contribution in [2.75, 3.05) is 11.4 Å². The van der Waals surface area contributed by atoms with Crippen molar-refractivity contribution in [1.82, 2.24) is 5.32 Å². The first kappa shape index (κ1) is 16.9. The smallest absolute Gasteiger partial charge is 0.222 e. The van der Waals surface area contributed by atoms with Gasteiger partial charge in [0.1, 0.15) is 0 Å². The van der Waals surface area contributed by atoms with Gasteiger partial charge < -0.3 is 10.2 Å². The Morgan fingerprint density at radius 3 is 2.08 bits per heavy atom. The molecule has 1 unspecified atom stereocenters. The predicted octanol–water partition coefficient (Wildman–Crippen LogP) is 4.84. The Morgan fingerprint density at radius 1 is 1.00 bits per heavy atom. The fraction of sp³-hybridized carbons (Fsp3) is 0.350. The molecule has 0 saturated carbocycles. The van der Waals surface area contributed by atoms with Crippen LogP contribution >= 0.6 is 11.8 Å². The second-order valence-corrected chi connectivity index (χ2v) is 7.62. The van der Waals surface area contributed by atoms with E-state index in [4.69, 9.17) is 0 Å². The van der Waals surface area contributed by atoms with E-state index in [0.29, 0.717) is 18.9 Å². The molecule has 1 amide bonds. The van der Waals surface area contributed by atoms with Gasteiger partial charge in [-0.15, -0.1) is 0 Å². The first-order valence-corrected chi connectivity index (χ1v) is 9.30. The van der Waals surface area contributed by atoms with Crippen molar-refractivity contribution in [3.05, 3.63) is 48.5 Å². The van der Waals surface area contributed by atoms with Gasteiger partial charge >= 0.3 is 0 Å². The highest BCUT2D eigenvalue weighted by Gasteiger charge is 2.23. The Bertz CT molecular complexity index is 684. The van der Waals surface area contributed by atoms with Crippen molar-refractivity contribution in [3.8, 4) is 0 Å². The van der Waals surface area contributed by atoms with Gasteiger partial charge in [-0.1, -0.05) is 49.9 Å². The molecule has 2 aromatic rings. The summed E-state index contributed by atoms with van der Waals surface area (Å²) in [4.78, 5) is 17.0. The van der Waals surface area contributed by atoms with Gasteiger partial charge in [0.05, 0.1) is 11.4 Å². The summed E-state index contributed by atoms with van der Waals surface area (Å²) < 4.78 is 0. The van der Waals surface area contributed by atoms with Gasteiger partial charge in [-0.05, 0) is 37.1 Å². The molecule has 126 valence electrons. The molecule has 1 aliphatic rings. The molecule has 24 heavy (non-hydrogen) atoms. The number of benzene rings is 2. The van der Waals surface area contributed by atoms with Gasteiger partial charge in [-0.2, -0.15) is 0 Å².